The number of benzene rings is 2. The molecule has 0 atom stereocenters. The van der Waals surface area contributed by atoms with Crippen LogP contribution in [-0.2, 0) is 11.4 Å². The lowest BCUT2D eigenvalue weighted by molar-refractivity contribution is -0.122. The number of methoxy groups -OCH3 is 1. The second-order valence-electron chi connectivity index (χ2n) is 6.38. The van der Waals surface area contributed by atoms with Crippen molar-refractivity contribution in [3.05, 3.63) is 77.5 Å². The first-order valence-corrected chi connectivity index (χ1v) is 8.83. The highest BCUT2D eigenvalue weighted by molar-refractivity contribution is 6.14. The number of carbonyl (C=O) groups excluding carboxylic acids is 2. The van der Waals surface area contributed by atoms with Gasteiger partial charge in [-0.25, -0.2) is 4.79 Å². The molecular formula is C22H22N2O4. The average molecular weight is 378 g/mol. The van der Waals surface area contributed by atoms with Crippen LogP contribution in [0.3, 0.4) is 0 Å². The lowest BCUT2D eigenvalue weighted by atomic mass is 10.1. The molecule has 0 aromatic heterocycles. The van der Waals surface area contributed by atoms with Gasteiger partial charge in [-0.1, -0.05) is 42.0 Å². The molecule has 0 bridgehead atoms. The van der Waals surface area contributed by atoms with Crippen molar-refractivity contribution >= 4 is 18.0 Å². The quantitative estimate of drug-likeness (QED) is 0.454. The van der Waals surface area contributed by atoms with Crippen LogP contribution < -0.4 is 14.8 Å². The van der Waals surface area contributed by atoms with Gasteiger partial charge < -0.3 is 14.8 Å². The zero-order chi connectivity index (χ0) is 20.1. The van der Waals surface area contributed by atoms with E-state index in [2.05, 4.69) is 18.0 Å². The van der Waals surface area contributed by atoms with Crippen molar-refractivity contribution in [3.63, 3.8) is 0 Å². The number of hydrogen-bond donors (Lipinski definition) is 1. The van der Waals surface area contributed by atoms with E-state index in [1.165, 1.54) is 11.6 Å². The minimum atomic E-state index is -0.457. The summed E-state index contributed by atoms with van der Waals surface area (Å²) >= 11 is 0. The summed E-state index contributed by atoms with van der Waals surface area (Å²) in [6.07, 6.45) is 3.11. The fraction of sp³-hybridized carbons (Fsp3) is 0.182. The van der Waals surface area contributed by atoms with E-state index in [1.807, 2.05) is 25.1 Å². The van der Waals surface area contributed by atoms with Gasteiger partial charge in [0.2, 0.25) is 0 Å². The Morgan fingerprint density at radius 3 is 2.68 bits per heavy atom. The summed E-state index contributed by atoms with van der Waals surface area (Å²) in [6, 6.07) is 13.0. The molecule has 0 saturated carbocycles. The van der Waals surface area contributed by atoms with Crippen LogP contribution in [0.5, 0.6) is 11.5 Å². The number of rotatable bonds is 7. The predicted molar refractivity (Wildman–Crippen MR) is 107 cm³/mol. The van der Waals surface area contributed by atoms with Crippen molar-refractivity contribution in [2.24, 2.45) is 0 Å². The maximum Gasteiger partial charge on any atom is 0.329 e. The van der Waals surface area contributed by atoms with Crippen LogP contribution in [-0.4, -0.2) is 30.5 Å². The summed E-state index contributed by atoms with van der Waals surface area (Å²) in [6.45, 7) is 6.17. The second-order valence-corrected chi connectivity index (χ2v) is 6.38. The van der Waals surface area contributed by atoms with E-state index in [0.717, 1.165) is 10.5 Å². The fourth-order valence-corrected chi connectivity index (χ4v) is 2.89. The summed E-state index contributed by atoms with van der Waals surface area (Å²) in [7, 11) is 1.56. The maximum atomic E-state index is 12.3. The molecule has 1 fully saturated rings. The zero-order valence-corrected chi connectivity index (χ0v) is 15.9. The molecule has 3 amide bonds. The van der Waals surface area contributed by atoms with E-state index < -0.39 is 6.03 Å². The molecule has 2 aromatic rings. The topological polar surface area (TPSA) is 67.9 Å². The first kappa shape index (κ1) is 19.2. The molecule has 3 rings (SSSR count). The molecule has 6 heteroatoms. The van der Waals surface area contributed by atoms with Crippen molar-refractivity contribution in [3.8, 4) is 11.5 Å². The molecule has 28 heavy (non-hydrogen) atoms. The lowest BCUT2D eigenvalue weighted by Crippen LogP contribution is -2.30. The molecule has 0 radical (unpaired) electrons. The maximum absolute atomic E-state index is 12.3. The largest absolute Gasteiger partial charge is 0.493 e. The molecule has 0 aliphatic carbocycles. The Labute approximate surface area is 164 Å². The summed E-state index contributed by atoms with van der Waals surface area (Å²) in [4.78, 5) is 25.2. The number of amides is 3. The number of hydrogen-bond acceptors (Lipinski definition) is 4. The third kappa shape index (κ3) is 4.23. The van der Waals surface area contributed by atoms with Gasteiger partial charge in [0, 0.05) is 6.54 Å². The van der Waals surface area contributed by atoms with E-state index in [0.29, 0.717) is 23.7 Å². The highest BCUT2D eigenvalue weighted by Gasteiger charge is 2.32. The molecule has 144 valence electrons. The lowest BCUT2D eigenvalue weighted by Gasteiger charge is -2.12. The molecule has 1 aliphatic rings. The number of nitrogens with one attached hydrogen (secondary N) is 1. The first-order chi connectivity index (χ1) is 13.5. The van der Waals surface area contributed by atoms with E-state index in [4.69, 9.17) is 9.47 Å². The van der Waals surface area contributed by atoms with Gasteiger partial charge in [-0.3, -0.25) is 9.69 Å². The van der Waals surface area contributed by atoms with Gasteiger partial charge in [-0.15, -0.1) is 6.58 Å². The normalized spacial score (nSPS) is 14.9. The number of urea groups is 1. The van der Waals surface area contributed by atoms with Crippen molar-refractivity contribution in [2.45, 2.75) is 13.5 Å². The van der Waals surface area contributed by atoms with Crippen LogP contribution in [0.4, 0.5) is 4.79 Å². The van der Waals surface area contributed by atoms with Gasteiger partial charge in [0.05, 0.1) is 7.11 Å². The third-order valence-electron chi connectivity index (χ3n) is 4.25. The highest BCUT2D eigenvalue weighted by atomic mass is 16.5. The van der Waals surface area contributed by atoms with Gasteiger partial charge in [0.15, 0.2) is 11.5 Å². The van der Waals surface area contributed by atoms with Crippen molar-refractivity contribution in [1.82, 2.24) is 10.2 Å². The molecule has 1 heterocycles. The standard InChI is InChI=1S/C22H22N2O4/c1-4-10-24-21(25)18(23-22(24)26)12-16-8-9-19(20(13-16)27-3)28-14-17-7-5-6-15(2)11-17/h4-9,11-13H,1,10,14H2,2-3H3,(H,23,26)/b18-12+. The SMILES string of the molecule is C=CCN1C(=O)N/C(=C/c2ccc(OCc3cccc(C)c3)c(OC)c2)C1=O. The van der Waals surface area contributed by atoms with E-state index in [9.17, 15) is 9.59 Å². The van der Waals surface area contributed by atoms with Crippen molar-refractivity contribution < 1.29 is 19.1 Å². The Bertz CT molecular complexity index is 949. The van der Waals surface area contributed by atoms with Gasteiger partial charge in [0.1, 0.15) is 12.3 Å². The minimum absolute atomic E-state index is 0.164. The number of carbonyl (C=O) groups is 2. The van der Waals surface area contributed by atoms with E-state index in [1.54, 1.807) is 31.4 Å². The van der Waals surface area contributed by atoms with Crippen LogP contribution in [0.2, 0.25) is 0 Å². The molecule has 1 aliphatic heterocycles. The van der Waals surface area contributed by atoms with Gasteiger partial charge in [-0.05, 0) is 36.3 Å². The van der Waals surface area contributed by atoms with E-state index in [-0.39, 0.29) is 18.1 Å². The Kier molecular flexibility index (Phi) is 5.79. The number of nitrogens with zero attached hydrogens (tertiary/aromatic N) is 1. The summed E-state index contributed by atoms with van der Waals surface area (Å²) in [5, 5.41) is 2.57. The monoisotopic (exact) mass is 378 g/mol. The molecule has 0 spiro atoms. The Morgan fingerprint density at radius 2 is 1.96 bits per heavy atom. The molecule has 1 saturated heterocycles. The first-order valence-electron chi connectivity index (χ1n) is 8.83. The summed E-state index contributed by atoms with van der Waals surface area (Å²) < 4.78 is 11.3. The Hall–Kier alpha value is -3.54. The summed E-state index contributed by atoms with van der Waals surface area (Å²) in [5.41, 5.74) is 3.16. The minimum Gasteiger partial charge on any atom is -0.493 e. The van der Waals surface area contributed by atoms with Gasteiger partial charge in [0.25, 0.3) is 5.91 Å². The van der Waals surface area contributed by atoms with E-state index >= 15 is 0 Å². The van der Waals surface area contributed by atoms with Crippen LogP contribution in [0.25, 0.3) is 6.08 Å². The van der Waals surface area contributed by atoms with Crippen molar-refractivity contribution in [2.75, 3.05) is 13.7 Å². The number of ether oxygens (including phenoxy) is 2. The number of imide groups is 1. The Morgan fingerprint density at radius 1 is 1.14 bits per heavy atom. The van der Waals surface area contributed by atoms with Crippen LogP contribution in [0.1, 0.15) is 16.7 Å². The average Bonchev–Trinajstić information content (AvgIpc) is 2.94. The molecule has 1 N–H and O–H groups in total. The van der Waals surface area contributed by atoms with Crippen LogP contribution in [0, 0.1) is 6.92 Å². The fourth-order valence-electron chi connectivity index (χ4n) is 2.89. The van der Waals surface area contributed by atoms with Crippen molar-refractivity contribution in [1.29, 1.82) is 0 Å². The third-order valence-corrected chi connectivity index (χ3v) is 4.25. The predicted octanol–water partition coefficient (Wildman–Crippen LogP) is 3.66. The van der Waals surface area contributed by atoms with Crippen LogP contribution in [0.15, 0.2) is 60.8 Å². The highest BCUT2D eigenvalue weighted by Crippen LogP contribution is 2.30. The molecule has 2 aromatic carbocycles. The van der Waals surface area contributed by atoms with Gasteiger partial charge >= 0.3 is 6.03 Å². The molecule has 6 nitrogen and oxygen atoms in total. The molecule has 0 unspecified atom stereocenters. The Balaban J connectivity index is 1.77. The molecular weight excluding hydrogens is 356 g/mol. The summed E-state index contributed by atoms with van der Waals surface area (Å²) in [5.74, 6) is 0.756. The second kappa shape index (κ2) is 8.43. The van der Waals surface area contributed by atoms with Crippen LogP contribution >= 0.6 is 0 Å². The smallest absolute Gasteiger partial charge is 0.329 e. The number of aryl methyl sites for hydroxylation is 1. The zero-order valence-electron chi connectivity index (χ0n) is 15.9. The van der Waals surface area contributed by atoms with Gasteiger partial charge in [-0.2, -0.15) is 0 Å².